The number of ether oxygens (including phenoxy) is 2. The molecule has 0 aliphatic rings. The highest BCUT2D eigenvalue weighted by atomic mass is 79.9. The van der Waals surface area contributed by atoms with Crippen LogP contribution in [0.25, 0.3) is 0 Å². The van der Waals surface area contributed by atoms with E-state index in [-0.39, 0.29) is 4.99 Å². The van der Waals surface area contributed by atoms with Gasteiger partial charge in [0.05, 0.1) is 12.2 Å². The van der Waals surface area contributed by atoms with Gasteiger partial charge in [0.25, 0.3) is 0 Å². The molecule has 0 radical (unpaired) electrons. The lowest BCUT2D eigenvalue weighted by molar-refractivity contribution is 0.302. The maximum atomic E-state index is 5.96. The van der Waals surface area contributed by atoms with Crippen LogP contribution in [-0.2, 0) is 0 Å². The fourth-order valence-electron chi connectivity index (χ4n) is 1.81. The first kappa shape index (κ1) is 15.8. The molecule has 0 spiro atoms. The molecule has 0 aromatic heterocycles. The normalized spacial score (nSPS) is 10.2. The van der Waals surface area contributed by atoms with Crippen LogP contribution in [0.5, 0.6) is 17.2 Å². The summed E-state index contributed by atoms with van der Waals surface area (Å²) in [5.41, 5.74) is 6.46. The van der Waals surface area contributed by atoms with Gasteiger partial charge in [-0.15, -0.1) is 0 Å². The van der Waals surface area contributed by atoms with Gasteiger partial charge in [-0.1, -0.05) is 37.3 Å². The van der Waals surface area contributed by atoms with Crippen LogP contribution in [0.3, 0.4) is 0 Å². The number of halogens is 1. The predicted octanol–water partition coefficient (Wildman–Crippen LogP) is 4.66. The van der Waals surface area contributed by atoms with E-state index >= 15 is 0 Å². The van der Waals surface area contributed by atoms with Gasteiger partial charge in [-0.3, -0.25) is 0 Å². The zero-order chi connectivity index (χ0) is 15.2. The van der Waals surface area contributed by atoms with E-state index in [9.17, 15) is 0 Å². The van der Waals surface area contributed by atoms with Crippen LogP contribution in [0.1, 0.15) is 18.9 Å². The minimum atomic E-state index is 0.282. The molecule has 0 heterocycles. The highest BCUT2D eigenvalue weighted by molar-refractivity contribution is 9.10. The minimum absolute atomic E-state index is 0.282. The molecule has 5 heteroatoms. The van der Waals surface area contributed by atoms with E-state index in [1.807, 2.05) is 42.5 Å². The zero-order valence-electron chi connectivity index (χ0n) is 11.6. The topological polar surface area (TPSA) is 44.5 Å². The van der Waals surface area contributed by atoms with Crippen molar-refractivity contribution in [2.45, 2.75) is 13.3 Å². The van der Waals surface area contributed by atoms with Crippen LogP contribution in [0.2, 0.25) is 0 Å². The monoisotopic (exact) mass is 365 g/mol. The lowest BCUT2D eigenvalue weighted by atomic mass is 10.2. The molecule has 0 saturated heterocycles. The van der Waals surface area contributed by atoms with Crippen LogP contribution < -0.4 is 15.2 Å². The van der Waals surface area contributed by atoms with Crippen molar-refractivity contribution < 1.29 is 9.47 Å². The summed E-state index contributed by atoms with van der Waals surface area (Å²) in [5, 5.41) is 0. The van der Waals surface area contributed by atoms with Crippen molar-refractivity contribution in [3.05, 3.63) is 52.5 Å². The lowest BCUT2D eigenvalue weighted by Gasteiger charge is -2.15. The molecule has 2 aromatic carbocycles. The third kappa shape index (κ3) is 3.95. The molecule has 0 bridgehead atoms. The summed E-state index contributed by atoms with van der Waals surface area (Å²) in [6.07, 6.45) is 0.934. The van der Waals surface area contributed by atoms with E-state index in [1.165, 1.54) is 0 Å². The second kappa shape index (κ2) is 7.43. The molecule has 0 amide bonds. The zero-order valence-corrected chi connectivity index (χ0v) is 14.0. The molecular formula is C16H16BrNO2S. The largest absolute Gasteiger partial charge is 0.490 e. The summed E-state index contributed by atoms with van der Waals surface area (Å²) in [7, 11) is 0. The molecule has 2 aromatic rings. The van der Waals surface area contributed by atoms with Gasteiger partial charge in [0, 0.05) is 4.47 Å². The summed E-state index contributed by atoms with van der Waals surface area (Å²) in [6.45, 7) is 2.70. The summed E-state index contributed by atoms with van der Waals surface area (Å²) in [6, 6.07) is 13.1. The SMILES string of the molecule is CCCOc1ccccc1Oc1cccc(Br)c1C(N)=S. The van der Waals surface area contributed by atoms with Crippen LogP contribution in [0.15, 0.2) is 46.9 Å². The van der Waals surface area contributed by atoms with Gasteiger partial charge in [-0.05, 0) is 46.6 Å². The molecule has 2 N–H and O–H groups in total. The van der Waals surface area contributed by atoms with E-state index in [1.54, 1.807) is 0 Å². The average molecular weight is 366 g/mol. The summed E-state index contributed by atoms with van der Waals surface area (Å²) in [4.78, 5) is 0.282. The van der Waals surface area contributed by atoms with Crippen molar-refractivity contribution in [3.8, 4) is 17.2 Å². The van der Waals surface area contributed by atoms with Crippen LogP contribution in [-0.4, -0.2) is 11.6 Å². The molecule has 2 rings (SSSR count). The number of thiocarbonyl (C=S) groups is 1. The molecule has 0 aliphatic heterocycles. The fourth-order valence-corrected chi connectivity index (χ4v) is 2.72. The average Bonchev–Trinajstić information content (AvgIpc) is 2.46. The van der Waals surface area contributed by atoms with Gasteiger partial charge in [-0.2, -0.15) is 0 Å². The van der Waals surface area contributed by atoms with E-state index < -0.39 is 0 Å². The molecule has 3 nitrogen and oxygen atoms in total. The van der Waals surface area contributed by atoms with Crippen molar-refractivity contribution in [2.24, 2.45) is 5.73 Å². The fraction of sp³-hybridized carbons (Fsp3) is 0.188. The maximum absolute atomic E-state index is 5.96. The molecule has 0 fully saturated rings. The van der Waals surface area contributed by atoms with Gasteiger partial charge >= 0.3 is 0 Å². The number of hydrogen-bond acceptors (Lipinski definition) is 3. The molecule has 110 valence electrons. The first-order valence-corrected chi connectivity index (χ1v) is 7.81. The van der Waals surface area contributed by atoms with Crippen molar-refractivity contribution in [2.75, 3.05) is 6.61 Å². The minimum Gasteiger partial charge on any atom is -0.490 e. The van der Waals surface area contributed by atoms with E-state index in [0.717, 1.165) is 10.9 Å². The third-order valence-electron chi connectivity index (χ3n) is 2.75. The Morgan fingerprint density at radius 1 is 1.10 bits per heavy atom. The maximum Gasteiger partial charge on any atom is 0.169 e. The van der Waals surface area contributed by atoms with Crippen molar-refractivity contribution in [1.29, 1.82) is 0 Å². The van der Waals surface area contributed by atoms with Crippen molar-refractivity contribution >= 4 is 33.1 Å². The molecule has 0 unspecified atom stereocenters. The summed E-state index contributed by atoms with van der Waals surface area (Å²) in [5.74, 6) is 1.94. The summed E-state index contributed by atoms with van der Waals surface area (Å²) < 4.78 is 12.5. The molecule has 0 aliphatic carbocycles. The highest BCUT2D eigenvalue weighted by Crippen LogP contribution is 2.35. The Kier molecular flexibility index (Phi) is 5.59. The lowest BCUT2D eigenvalue weighted by Crippen LogP contribution is -2.11. The number of para-hydroxylation sites is 2. The van der Waals surface area contributed by atoms with Crippen molar-refractivity contribution in [3.63, 3.8) is 0 Å². The number of nitrogens with two attached hydrogens (primary N) is 1. The Balaban J connectivity index is 2.35. The Bertz CT molecular complexity index is 646. The van der Waals surface area contributed by atoms with Gasteiger partial charge in [0.15, 0.2) is 11.5 Å². The molecule has 21 heavy (non-hydrogen) atoms. The van der Waals surface area contributed by atoms with Gasteiger partial charge in [-0.25, -0.2) is 0 Å². The first-order chi connectivity index (χ1) is 10.1. The summed E-state index contributed by atoms with van der Waals surface area (Å²) >= 11 is 8.54. The van der Waals surface area contributed by atoms with Crippen LogP contribution >= 0.6 is 28.1 Å². The van der Waals surface area contributed by atoms with Crippen LogP contribution in [0.4, 0.5) is 0 Å². The second-order valence-electron chi connectivity index (χ2n) is 4.37. The van der Waals surface area contributed by atoms with Crippen LogP contribution in [0, 0.1) is 0 Å². The predicted molar refractivity (Wildman–Crippen MR) is 92.3 cm³/mol. The van der Waals surface area contributed by atoms with E-state index in [0.29, 0.717) is 29.4 Å². The Labute approximate surface area is 138 Å². The smallest absolute Gasteiger partial charge is 0.169 e. The van der Waals surface area contributed by atoms with Gasteiger partial charge < -0.3 is 15.2 Å². The van der Waals surface area contributed by atoms with Gasteiger partial charge in [0.1, 0.15) is 10.7 Å². The quantitative estimate of drug-likeness (QED) is 0.755. The number of benzene rings is 2. The standard InChI is InChI=1S/C16H16BrNO2S/c1-2-10-19-12-7-3-4-8-13(12)20-14-9-5-6-11(17)15(14)16(18)21/h3-9H,2,10H2,1H3,(H2,18,21). The Hall–Kier alpha value is -1.59. The Morgan fingerprint density at radius 3 is 2.43 bits per heavy atom. The number of rotatable bonds is 6. The highest BCUT2D eigenvalue weighted by Gasteiger charge is 2.13. The molecule has 0 atom stereocenters. The number of hydrogen-bond donors (Lipinski definition) is 1. The first-order valence-electron chi connectivity index (χ1n) is 6.61. The molecular weight excluding hydrogens is 350 g/mol. The van der Waals surface area contributed by atoms with Gasteiger partial charge in [0.2, 0.25) is 0 Å². The third-order valence-corrected chi connectivity index (χ3v) is 3.62. The van der Waals surface area contributed by atoms with E-state index in [4.69, 9.17) is 27.4 Å². The van der Waals surface area contributed by atoms with E-state index in [2.05, 4.69) is 22.9 Å². The van der Waals surface area contributed by atoms with Crippen molar-refractivity contribution in [1.82, 2.24) is 0 Å². The second-order valence-corrected chi connectivity index (χ2v) is 5.67. The Morgan fingerprint density at radius 2 is 1.76 bits per heavy atom. The molecule has 0 saturated carbocycles.